The van der Waals surface area contributed by atoms with Crippen LogP contribution >= 0.6 is 0 Å². The number of carbonyl (C=O) groups excluding carboxylic acids is 1. The largest absolute Gasteiger partial charge is 0.480 e. The molecular weight excluding hydrogens is 289 g/mol. The van der Waals surface area contributed by atoms with Gasteiger partial charge in [0.15, 0.2) is 0 Å². The number of amides is 1. The van der Waals surface area contributed by atoms with Crippen LogP contribution in [-0.2, 0) is 11.0 Å². The molecule has 1 fully saturated rings. The Morgan fingerprint density at radius 1 is 1.29 bits per heavy atom. The van der Waals surface area contributed by atoms with E-state index in [9.17, 15) is 22.8 Å². The smallest absolute Gasteiger partial charge is 0.417 e. The number of likely N-dealkylation sites (tertiary alicyclic amines) is 1. The SMILES string of the molecule is O=C(O)[C@H]1CCCCN1C(=O)c1ccc(C(F)(F)F)cn1. The highest BCUT2D eigenvalue weighted by molar-refractivity contribution is 5.95. The molecule has 0 aromatic carbocycles. The molecule has 2 heterocycles. The van der Waals surface area contributed by atoms with Gasteiger partial charge in [-0.1, -0.05) is 0 Å². The number of nitrogens with zero attached hydrogens (tertiary/aromatic N) is 2. The number of piperidine rings is 1. The quantitative estimate of drug-likeness (QED) is 0.909. The van der Waals surface area contributed by atoms with Crippen molar-refractivity contribution < 1.29 is 27.9 Å². The monoisotopic (exact) mass is 302 g/mol. The van der Waals surface area contributed by atoms with Gasteiger partial charge in [0, 0.05) is 12.7 Å². The van der Waals surface area contributed by atoms with Crippen molar-refractivity contribution >= 4 is 11.9 Å². The number of carboxylic acids is 1. The van der Waals surface area contributed by atoms with E-state index in [1.807, 2.05) is 0 Å². The van der Waals surface area contributed by atoms with Crippen LogP contribution in [0, 0.1) is 0 Å². The van der Waals surface area contributed by atoms with Crippen molar-refractivity contribution in [1.29, 1.82) is 0 Å². The molecule has 1 aliphatic heterocycles. The van der Waals surface area contributed by atoms with Crippen molar-refractivity contribution in [3.05, 3.63) is 29.6 Å². The van der Waals surface area contributed by atoms with E-state index < -0.39 is 29.7 Å². The summed E-state index contributed by atoms with van der Waals surface area (Å²) in [6, 6.07) is 0.786. The number of carbonyl (C=O) groups is 2. The predicted molar refractivity (Wildman–Crippen MR) is 65.6 cm³/mol. The Morgan fingerprint density at radius 3 is 2.52 bits per heavy atom. The van der Waals surface area contributed by atoms with Gasteiger partial charge in [-0.25, -0.2) is 4.79 Å². The van der Waals surface area contributed by atoms with Gasteiger partial charge in [-0.3, -0.25) is 9.78 Å². The summed E-state index contributed by atoms with van der Waals surface area (Å²) < 4.78 is 37.3. The van der Waals surface area contributed by atoms with E-state index in [4.69, 9.17) is 5.11 Å². The maximum absolute atomic E-state index is 12.4. The summed E-state index contributed by atoms with van der Waals surface area (Å²) in [6.45, 7) is 0.262. The van der Waals surface area contributed by atoms with E-state index in [1.165, 1.54) is 0 Å². The van der Waals surface area contributed by atoms with E-state index in [-0.39, 0.29) is 12.2 Å². The third-order valence-electron chi connectivity index (χ3n) is 3.36. The Morgan fingerprint density at radius 2 is 2.00 bits per heavy atom. The molecule has 0 spiro atoms. The fourth-order valence-corrected chi connectivity index (χ4v) is 2.27. The molecule has 1 aromatic heterocycles. The van der Waals surface area contributed by atoms with Crippen molar-refractivity contribution in [3.63, 3.8) is 0 Å². The number of carboxylic acid groups (broad SMARTS) is 1. The molecule has 1 saturated heterocycles. The molecule has 0 unspecified atom stereocenters. The van der Waals surface area contributed by atoms with Gasteiger partial charge in [-0.05, 0) is 31.4 Å². The maximum Gasteiger partial charge on any atom is 0.417 e. The molecule has 2 rings (SSSR count). The van der Waals surface area contributed by atoms with Crippen LogP contribution in [0.4, 0.5) is 13.2 Å². The first-order chi connectivity index (χ1) is 9.80. The van der Waals surface area contributed by atoms with Crippen LogP contribution in [0.25, 0.3) is 0 Å². The van der Waals surface area contributed by atoms with Crippen molar-refractivity contribution in [3.8, 4) is 0 Å². The Hall–Kier alpha value is -2.12. The number of hydrogen-bond donors (Lipinski definition) is 1. The zero-order chi connectivity index (χ0) is 15.6. The number of alkyl halides is 3. The van der Waals surface area contributed by atoms with E-state index in [1.54, 1.807) is 0 Å². The summed E-state index contributed by atoms with van der Waals surface area (Å²) >= 11 is 0. The lowest BCUT2D eigenvalue weighted by molar-refractivity contribution is -0.143. The summed E-state index contributed by atoms with van der Waals surface area (Å²) in [5.74, 6) is -1.77. The third kappa shape index (κ3) is 3.32. The van der Waals surface area contributed by atoms with Crippen molar-refractivity contribution in [1.82, 2.24) is 9.88 Å². The highest BCUT2D eigenvalue weighted by atomic mass is 19.4. The standard InChI is InChI=1S/C13H13F3N2O3/c14-13(15,16)8-4-5-9(17-7-8)11(19)18-6-2-1-3-10(18)12(20)21/h4-5,7,10H,1-3,6H2,(H,20,21)/t10-/m1/s1. The topological polar surface area (TPSA) is 70.5 Å². The number of aromatic nitrogens is 1. The van der Waals surface area contributed by atoms with E-state index >= 15 is 0 Å². The number of rotatable bonds is 2. The van der Waals surface area contributed by atoms with Gasteiger partial charge >= 0.3 is 12.1 Å². The summed E-state index contributed by atoms with van der Waals surface area (Å²) in [6.07, 6.45) is -2.25. The van der Waals surface area contributed by atoms with Crippen LogP contribution in [0.15, 0.2) is 18.3 Å². The molecule has 1 aromatic rings. The molecular formula is C13H13F3N2O3. The van der Waals surface area contributed by atoms with Gasteiger partial charge in [-0.15, -0.1) is 0 Å². The molecule has 0 radical (unpaired) electrons. The summed E-state index contributed by atoms with van der Waals surface area (Å²) in [5, 5.41) is 9.09. The second-order valence-corrected chi connectivity index (χ2v) is 4.78. The molecule has 0 bridgehead atoms. The lowest BCUT2D eigenvalue weighted by Crippen LogP contribution is -2.48. The summed E-state index contributed by atoms with van der Waals surface area (Å²) in [4.78, 5) is 28.0. The Labute approximate surface area is 118 Å². The first-order valence-corrected chi connectivity index (χ1v) is 6.37. The fourth-order valence-electron chi connectivity index (χ4n) is 2.27. The van der Waals surface area contributed by atoms with Crippen molar-refractivity contribution in [2.75, 3.05) is 6.54 Å². The molecule has 5 nitrogen and oxygen atoms in total. The zero-order valence-corrected chi connectivity index (χ0v) is 10.9. The third-order valence-corrected chi connectivity index (χ3v) is 3.36. The lowest BCUT2D eigenvalue weighted by atomic mass is 10.0. The minimum absolute atomic E-state index is 0.184. The Kier molecular flexibility index (Phi) is 4.15. The van der Waals surface area contributed by atoms with Crippen LogP contribution in [0.1, 0.15) is 35.3 Å². The van der Waals surface area contributed by atoms with Gasteiger partial charge < -0.3 is 10.0 Å². The molecule has 114 valence electrons. The molecule has 1 aliphatic rings. The van der Waals surface area contributed by atoms with Gasteiger partial charge in [0.1, 0.15) is 11.7 Å². The zero-order valence-electron chi connectivity index (χ0n) is 10.9. The second-order valence-electron chi connectivity index (χ2n) is 4.78. The Balaban J connectivity index is 2.20. The van der Waals surface area contributed by atoms with Gasteiger partial charge in [0.05, 0.1) is 5.56 Å². The number of halogens is 3. The molecule has 0 aliphatic carbocycles. The number of pyridine rings is 1. The van der Waals surface area contributed by atoms with Crippen LogP contribution in [0.2, 0.25) is 0 Å². The average Bonchev–Trinajstić information content (AvgIpc) is 2.45. The molecule has 1 amide bonds. The fraction of sp³-hybridized carbons (Fsp3) is 0.462. The van der Waals surface area contributed by atoms with Crippen LogP contribution in [0.5, 0.6) is 0 Å². The van der Waals surface area contributed by atoms with Gasteiger partial charge in [0.2, 0.25) is 0 Å². The summed E-state index contributed by atoms with van der Waals surface area (Å²) in [5.41, 5.74) is -1.14. The minimum atomic E-state index is -4.52. The van der Waals surface area contributed by atoms with Crippen LogP contribution in [0.3, 0.4) is 0 Å². The minimum Gasteiger partial charge on any atom is -0.480 e. The van der Waals surface area contributed by atoms with Gasteiger partial charge in [0.25, 0.3) is 5.91 Å². The lowest BCUT2D eigenvalue weighted by Gasteiger charge is -2.32. The maximum atomic E-state index is 12.4. The number of aliphatic carboxylic acids is 1. The Bertz CT molecular complexity index is 543. The first kappa shape index (κ1) is 15.3. The molecule has 21 heavy (non-hydrogen) atoms. The van der Waals surface area contributed by atoms with E-state index in [2.05, 4.69) is 4.98 Å². The van der Waals surface area contributed by atoms with Crippen LogP contribution in [-0.4, -0.2) is 39.5 Å². The molecule has 0 saturated carbocycles. The second kappa shape index (κ2) is 5.71. The van der Waals surface area contributed by atoms with Crippen LogP contribution < -0.4 is 0 Å². The molecule has 8 heteroatoms. The van der Waals surface area contributed by atoms with Crippen molar-refractivity contribution in [2.24, 2.45) is 0 Å². The van der Waals surface area contributed by atoms with Gasteiger partial charge in [-0.2, -0.15) is 13.2 Å². The highest BCUT2D eigenvalue weighted by Crippen LogP contribution is 2.28. The normalized spacial score (nSPS) is 19.4. The predicted octanol–water partition coefficient (Wildman–Crippen LogP) is 2.18. The highest BCUT2D eigenvalue weighted by Gasteiger charge is 2.34. The molecule has 1 atom stereocenters. The van der Waals surface area contributed by atoms with Crippen molar-refractivity contribution in [2.45, 2.75) is 31.5 Å². The summed E-state index contributed by atoms with van der Waals surface area (Å²) in [7, 11) is 0. The molecule has 1 N–H and O–H groups in total. The van der Waals surface area contributed by atoms with E-state index in [0.717, 1.165) is 17.0 Å². The average molecular weight is 302 g/mol. The first-order valence-electron chi connectivity index (χ1n) is 6.37. The number of hydrogen-bond acceptors (Lipinski definition) is 3. The van der Waals surface area contributed by atoms with E-state index in [0.29, 0.717) is 25.5 Å².